The highest BCUT2D eigenvalue weighted by atomic mass is 33.1. The molecule has 0 aliphatic carbocycles. The molecule has 0 aromatic carbocycles. The van der Waals surface area contributed by atoms with Gasteiger partial charge >= 0.3 is 0 Å². The number of hydrogen-bond donors (Lipinski definition) is 0. The first-order valence-corrected chi connectivity index (χ1v) is 9.78. The van der Waals surface area contributed by atoms with Crippen molar-refractivity contribution in [1.82, 2.24) is 0 Å². The number of hydrogen-bond acceptors (Lipinski definition) is 3. The molecule has 0 N–H and O–H groups in total. The fourth-order valence-electron chi connectivity index (χ4n) is 1.70. The van der Waals surface area contributed by atoms with E-state index in [0.29, 0.717) is 5.41 Å². The first-order valence-electron chi connectivity index (χ1n) is 7.29. The van der Waals surface area contributed by atoms with Gasteiger partial charge in [-0.05, 0) is 31.1 Å². The molecule has 0 spiro atoms. The van der Waals surface area contributed by atoms with Gasteiger partial charge in [-0.1, -0.05) is 61.6 Å². The van der Waals surface area contributed by atoms with Gasteiger partial charge in [0.1, 0.15) is 0 Å². The van der Waals surface area contributed by atoms with E-state index in [1.807, 2.05) is 0 Å². The lowest BCUT2D eigenvalue weighted by molar-refractivity contribution is 0.192. The van der Waals surface area contributed by atoms with E-state index in [2.05, 4.69) is 42.4 Å². The van der Waals surface area contributed by atoms with Gasteiger partial charge in [0.25, 0.3) is 0 Å². The van der Waals surface area contributed by atoms with Crippen LogP contribution in [0.15, 0.2) is 0 Å². The lowest BCUT2D eigenvalue weighted by Crippen LogP contribution is -2.04. The Kier molecular flexibility index (Phi) is 13.1. The average molecular weight is 293 g/mol. The molecule has 0 bridgehead atoms. The van der Waals surface area contributed by atoms with Gasteiger partial charge in [0, 0.05) is 25.2 Å². The van der Waals surface area contributed by atoms with Gasteiger partial charge in [0.05, 0.1) is 0 Å². The van der Waals surface area contributed by atoms with Crippen molar-refractivity contribution in [1.29, 1.82) is 0 Å². The third kappa shape index (κ3) is 16.7. The molecule has 0 heterocycles. The van der Waals surface area contributed by atoms with Crippen LogP contribution < -0.4 is 0 Å². The van der Waals surface area contributed by atoms with E-state index >= 15 is 0 Å². The minimum atomic E-state index is 0.514. The number of rotatable bonds is 12. The fourth-order valence-corrected chi connectivity index (χ4v) is 3.99. The maximum absolute atomic E-state index is 5.04. The highest BCUT2D eigenvalue weighted by Gasteiger charge is 2.08. The second-order valence-corrected chi connectivity index (χ2v) is 8.77. The van der Waals surface area contributed by atoms with Crippen molar-refractivity contribution >= 4 is 21.6 Å². The van der Waals surface area contributed by atoms with Crippen molar-refractivity contribution in [2.45, 2.75) is 65.7 Å². The van der Waals surface area contributed by atoms with Crippen LogP contribution in [0.2, 0.25) is 0 Å². The van der Waals surface area contributed by atoms with Gasteiger partial charge in [-0.2, -0.15) is 0 Å². The smallest absolute Gasteiger partial charge is 0.0462 e. The molecule has 0 radical (unpaired) electrons. The van der Waals surface area contributed by atoms with E-state index in [1.54, 1.807) is 7.11 Å². The summed E-state index contributed by atoms with van der Waals surface area (Å²) in [5.41, 5.74) is 0.514. The molecule has 3 heteroatoms. The Bertz CT molecular complexity index is 166. The quantitative estimate of drug-likeness (QED) is 0.333. The van der Waals surface area contributed by atoms with Crippen molar-refractivity contribution in [3.8, 4) is 0 Å². The molecular formula is C15H32OS2. The Labute approximate surface area is 123 Å². The lowest BCUT2D eigenvalue weighted by Gasteiger charge is -2.17. The van der Waals surface area contributed by atoms with Gasteiger partial charge in [-0.15, -0.1) is 0 Å². The molecule has 0 atom stereocenters. The summed E-state index contributed by atoms with van der Waals surface area (Å²) < 4.78 is 5.04. The van der Waals surface area contributed by atoms with Gasteiger partial charge < -0.3 is 4.74 Å². The molecular weight excluding hydrogens is 260 g/mol. The number of ether oxygens (including phenoxy) is 1. The van der Waals surface area contributed by atoms with Crippen LogP contribution in [-0.4, -0.2) is 25.2 Å². The predicted octanol–water partition coefficient (Wildman–Crippen LogP) is 5.79. The normalized spacial score (nSPS) is 12.0. The minimum Gasteiger partial charge on any atom is -0.385 e. The minimum absolute atomic E-state index is 0.514. The molecule has 0 amide bonds. The Morgan fingerprint density at radius 1 is 0.778 bits per heavy atom. The van der Waals surface area contributed by atoms with E-state index in [1.165, 1.54) is 56.5 Å². The summed E-state index contributed by atoms with van der Waals surface area (Å²) in [7, 11) is 5.91. The van der Waals surface area contributed by atoms with E-state index in [9.17, 15) is 0 Å². The van der Waals surface area contributed by atoms with Gasteiger partial charge in [-0.25, -0.2) is 0 Å². The topological polar surface area (TPSA) is 9.23 Å². The number of unbranched alkanes of at least 4 members (excludes halogenated alkanes) is 4. The maximum Gasteiger partial charge on any atom is 0.0462 e. The summed E-state index contributed by atoms with van der Waals surface area (Å²) >= 11 is 0. The molecule has 0 aromatic heterocycles. The fraction of sp³-hybridized carbons (Fsp3) is 1.00. The summed E-state index contributed by atoms with van der Waals surface area (Å²) in [6, 6.07) is 0. The molecule has 18 heavy (non-hydrogen) atoms. The third-order valence-corrected chi connectivity index (χ3v) is 5.39. The van der Waals surface area contributed by atoms with Crippen LogP contribution in [0, 0.1) is 5.41 Å². The van der Waals surface area contributed by atoms with Crippen LogP contribution in [0.3, 0.4) is 0 Å². The van der Waals surface area contributed by atoms with Crippen LogP contribution in [0.5, 0.6) is 0 Å². The summed E-state index contributed by atoms with van der Waals surface area (Å²) in [6.45, 7) is 7.92. The zero-order chi connectivity index (χ0) is 13.7. The van der Waals surface area contributed by atoms with Crippen molar-refractivity contribution in [2.75, 3.05) is 25.2 Å². The van der Waals surface area contributed by atoms with Crippen LogP contribution in [0.25, 0.3) is 0 Å². The number of methoxy groups -OCH3 is 1. The largest absolute Gasteiger partial charge is 0.385 e. The Morgan fingerprint density at radius 2 is 1.33 bits per heavy atom. The third-order valence-electron chi connectivity index (χ3n) is 2.81. The Hall–Kier alpha value is 0.660. The van der Waals surface area contributed by atoms with Crippen molar-refractivity contribution in [3.63, 3.8) is 0 Å². The molecule has 0 saturated heterocycles. The second-order valence-electron chi connectivity index (χ2n) is 6.07. The SMILES string of the molecule is COCCCCCCSSCCCCC(C)(C)C. The molecule has 1 nitrogen and oxygen atoms in total. The maximum atomic E-state index is 5.04. The standard InChI is InChI=1S/C15H32OS2/c1-15(2,3)11-7-10-14-18-17-13-9-6-5-8-12-16-4/h5-14H2,1-4H3. The zero-order valence-corrected chi connectivity index (χ0v) is 14.4. The van der Waals surface area contributed by atoms with Crippen LogP contribution >= 0.6 is 21.6 Å². The predicted molar refractivity (Wildman–Crippen MR) is 88.6 cm³/mol. The van der Waals surface area contributed by atoms with E-state index in [4.69, 9.17) is 4.74 Å². The van der Waals surface area contributed by atoms with Gasteiger partial charge in [-0.3, -0.25) is 0 Å². The Balaban J connectivity index is 2.99. The van der Waals surface area contributed by atoms with Crippen molar-refractivity contribution in [3.05, 3.63) is 0 Å². The average Bonchev–Trinajstić information content (AvgIpc) is 2.29. The second kappa shape index (κ2) is 12.7. The zero-order valence-electron chi connectivity index (χ0n) is 12.8. The molecule has 110 valence electrons. The van der Waals surface area contributed by atoms with E-state index < -0.39 is 0 Å². The highest BCUT2D eigenvalue weighted by molar-refractivity contribution is 8.76. The molecule has 0 aliphatic rings. The molecule has 0 aromatic rings. The van der Waals surface area contributed by atoms with Crippen LogP contribution in [-0.2, 0) is 4.74 Å². The molecule has 0 saturated carbocycles. The summed E-state index contributed by atoms with van der Waals surface area (Å²) in [6.07, 6.45) is 9.39. The van der Waals surface area contributed by atoms with Crippen molar-refractivity contribution in [2.24, 2.45) is 5.41 Å². The van der Waals surface area contributed by atoms with E-state index in [0.717, 1.165) is 6.61 Å². The van der Waals surface area contributed by atoms with Crippen molar-refractivity contribution < 1.29 is 4.74 Å². The Morgan fingerprint density at radius 3 is 1.89 bits per heavy atom. The molecule has 0 rings (SSSR count). The molecule has 0 unspecified atom stereocenters. The van der Waals surface area contributed by atoms with Gasteiger partial charge in [0.2, 0.25) is 0 Å². The van der Waals surface area contributed by atoms with Crippen LogP contribution in [0.4, 0.5) is 0 Å². The molecule has 0 aliphatic heterocycles. The first kappa shape index (κ1) is 18.7. The molecule has 0 fully saturated rings. The first-order chi connectivity index (χ1) is 8.56. The lowest BCUT2D eigenvalue weighted by atomic mass is 9.90. The summed E-state index contributed by atoms with van der Waals surface area (Å²) in [4.78, 5) is 0. The van der Waals surface area contributed by atoms with E-state index in [-0.39, 0.29) is 0 Å². The van der Waals surface area contributed by atoms with Crippen LogP contribution in [0.1, 0.15) is 65.7 Å². The van der Waals surface area contributed by atoms with Gasteiger partial charge in [0.15, 0.2) is 0 Å². The monoisotopic (exact) mass is 292 g/mol. The summed E-state index contributed by atoms with van der Waals surface area (Å²) in [5, 5.41) is 0. The highest BCUT2D eigenvalue weighted by Crippen LogP contribution is 2.26. The summed E-state index contributed by atoms with van der Waals surface area (Å²) in [5.74, 6) is 2.64.